The molecule has 0 radical (unpaired) electrons. The second-order valence-corrected chi connectivity index (χ2v) is 3.81. The summed E-state index contributed by atoms with van der Waals surface area (Å²) in [5.74, 6) is 0. The van der Waals surface area contributed by atoms with Crippen LogP contribution in [0.2, 0.25) is 0 Å². The van der Waals surface area contributed by atoms with Gasteiger partial charge in [0.2, 0.25) is 0 Å². The maximum absolute atomic E-state index is 11.0. The summed E-state index contributed by atoms with van der Waals surface area (Å²) in [5.41, 5.74) is -0.360. The average molecular weight is 191 g/mol. The van der Waals surface area contributed by atoms with Gasteiger partial charge in [0.05, 0.1) is 6.61 Å². The van der Waals surface area contributed by atoms with Crippen molar-refractivity contribution in [1.82, 2.24) is 5.32 Å². The van der Waals surface area contributed by atoms with Gasteiger partial charge in [-0.25, -0.2) is 4.79 Å². The van der Waals surface area contributed by atoms with Gasteiger partial charge in [0.15, 0.2) is 0 Å². The molecule has 0 rings (SSSR count). The molecule has 5 heteroatoms. The highest BCUT2D eigenvalue weighted by Crippen LogP contribution is 1.99. The minimum atomic E-state index is -1.01. The second kappa shape index (κ2) is 5.04. The number of carbonyl (C=O) groups excluding carboxylic acids is 1. The standard InChI is InChI=1S/C8H17NO4/c1-8(2,3)9-7(12)13-5-6(11)4-10/h6,10-11H,4-5H2,1-3H3,(H,9,12)/t6-/m1/s1. The molecule has 0 unspecified atom stereocenters. The fourth-order valence-electron chi connectivity index (χ4n) is 0.567. The lowest BCUT2D eigenvalue weighted by Gasteiger charge is -2.20. The molecule has 0 aromatic heterocycles. The van der Waals surface area contributed by atoms with E-state index in [0.29, 0.717) is 0 Å². The number of hydrogen-bond donors (Lipinski definition) is 3. The number of amides is 1. The van der Waals surface area contributed by atoms with Gasteiger partial charge in [-0.3, -0.25) is 0 Å². The lowest BCUT2D eigenvalue weighted by Crippen LogP contribution is -2.41. The zero-order valence-corrected chi connectivity index (χ0v) is 8.20. The van der Waals surface area contributed by atoms with E-state index in [1.807, 2.05) is 20.8 Å². The molecule has 0 aromatic rings. The first-order valence-corrected chi connectivity index (χ1v) is 4.09. The van der Waals surface area contributed by atoms with Gasteiger partial charge < -0.3 is 20.3 Å². The third-order valence-corrected chi connectivity index (χ3v) is 1.09. The van der Waals surface area contributed by atoms with Gasteiger partial charge in [-0.15, -0.1) is 0 Å². The topological polar surface area (TPSA) is 78.8 Å². The van der Waals surface area contributed by atoms with E-state index in [-0.39, 0.29) is 12.1 Å². The van der Waals surface area contributed by atoms with E-state index in [2.05, 4.69) is 10.1 Å². The first-order chi connectivity index (χ1) is 5.85. The molecule has 0 aliphatic rings. The molecule has 78 valence electrons. The number of rotatable bonds is 3. The SMILES string of the molecule is CC(C)(C)NC(=O)OC[C@H](O)CO. The molecule has 5 nitrogen and oxygen atoms in total. The third kappa shape index (κ3) is 7.55. The second-order valence-electron chi connectivity index (χ2n) is 3.81. The van der Waals surface area contributed by atoms with Crippen LogP contribution in [0.15, 0.2) is 0 Å². The van der Waals surface area contributed by atoms with Crippen molar-refractivity contribution in [3.63, 3.8) is 0 Å². The fourth-order valence-corrected chi connectivity index (χ4v) is 0.567. The van der Waals surface area contributed by atoms with Crippen LogP contribution < -0.4 is 5.32 Å². The van der Waals surface area contributed by atoms with Gasteiger partial charge in [-0.2, -0.15) is 0 Å². The van der Waals surface area contributed by atoms with Crippen molar-refractivity contribution >= 4 is 6.09 Å². The van der Waals surface area contributed by atoms with Crippen LogP contribution >= 0.6 is 0 Å². The van der Waals surface area contributed by atoms with Gasteiger partial charge in [0, 0.05) is 5.54 Å². The van der Waals surface area contributed by atoms with Gasteiger partial charge in [0.1, 0.15) is 12.7 Å². The Morgan fingerprint density at radius 2 is 2.08 bits per heavy atom. The number of nitrogens with one attached hydrogen (secondary N) is 1. The Kier molecular flexibility index (Phi) is 4.72. The summed E-state index contributed by atoms with van der Waals surface area (Å²) in [5, 5.41) is 19.8. The predicted octanol–water partition coefficient (Wildman–Crippen LogP) is -0.136. The van der Waals surface area contributed by atoms with Crippen LogP contribution in [-0.2, 0) is 4.74 Å². The molecule has 1 amide bonds. The molecule has 0 aliphatic carbocycles. The number of alkyl carbamates (subject to hydrolysis) is 1. The highest BCUT2D eigenvalue weighted by Gasteiger charge is 2.15. The van der Waals surface area contributed by atoms with Crippen molar-refractivity contribution < 1.29 is 19.7 Å². The first-order valence-electron chi connectivity index (χ1n) is 4.09. The number of aliphatic hydroxyl groups excluding tert-OH is 2. The molecule has 0 spiro atoms. The average Bonchev–Trinajstić information content (AvgIpc) is 1.97. The number of carbonyl (C=O) groups is 1. The van der Waals surface area contributed by atoms with Crippen molar-refractivity contribution in [2.45, 2.75) is 32.4 Å². The molecule has 0 aromatic carbocycles. The molecule has 3 N–H and O–H groups in total. The zero-order chi connectivity index (χ0) is 10.5. The minimum absolute atomic E-state index is 0.196. The van der Waals surface area contributed by atoms with Crippen LogP contribution in [0.3, 0.4) is 0 Å². The molecule has 13 heavy (non-hydrogen) atoms. The van der Waals surface area contributed by atoms with E-state index in [1.54, 1.807) is 0 Å². The van der Waals surface area contributed by atoms with Gasteiger partial charge >= 0.3 is 6.09 Å². The van der Waals surface area contributed by atoms with Crippen molar-refractivity contribution in [2.24, 2.45) is 0 Å². The molecule has 1 atom stereocenters. The molecular formula is C8H17NO4. The highest BCUT2D eigenvalue weighted by molar-refractivity contribution is 5.68. The molecule has 0 saturated carbocycles. The summed E-state index contributed by atoms with van der Waals surface area (Å²) < 4.78 is 4.61. The molecule has 0 fully saturated rings. The molecule has 0 saturated heterocycles. The maximum atomic E-state index is 11.0. The van der Waals surface area contributed by atoms with E-state index in [0.717, 1.165) is 0 Å². The third-order valence-electron chi connectivity index (χ3n) is 1.09. The zero-order valence-electron chi connectivity index (χ0n) is 8.20. The van der Waals surface area contributed by atoms with Gasteiger partial charge in [-0.1, -0.05) is 0 Å². The normalized spacial score (nSPS) is 13.6. The van der Waals surface area contributed by atoms with E-state index in [4.69, 9.17) is 10.2 Å². The highest BCUT2D eigenvalue weighted by atomic mass is 16.6. The van der Waals surface area contributed by atoms with Crippen molar-refractivity contribution in [1.29, 1.82) is 0 Å². The van der Waals surface area contributed by atoms with Crippen molar-refractivity contribution in [3.8, 4) is 0 Å². The number of ether oxygens (including phenoxy) is 1. The Labute approximate surface area is 77.7 Å². The van der Waals surface area contributed by atoms with E-state index < -0.39 is 18.8 Å². The van der Waals surface area contributed by atoms with E-state index in [1.165, 1.54) is 0 Å². The van der Waals surface area contributed by atoms with Gasteiger partial charge in [-0.05, 0) is 20.8 Å². The maximum Gasteiger partial charge on any atom is 0.407 e. The van der Waals surface area contributed by atoms with Crippen LogP contribution in [0.1, 0.15) is 20.8 Å². The summed E-state index contributed by atoms with van der Waals surface area (Å²) in [6.45, 7) is 4.84. The predicted molar refractivity (Wildman–Crippen MR) is 47.3 cm³/mol. The van der Waals surface area contributed by atoms with Crippen LogP contribution in [0.4, 0.5) is 4.79 Å². The largest absolute Gasteiger partial charge is 0.447 e. The fraction of sp³-hybridized carbons (Fsp3) is 0.875. The summed E-state index contributed by atoms with van der Waals surface area (Å²) in [7, 11) is 0. The van der Waals surface area contributed by atoms with Crippen molar-refractivity contribution in [3.05, 3.63) is 0 Å². The number of aliphatic hydroxyl groups is 2. The van der Waals surface area contributed by atoms with Crippen LogP contribution in [0.5, 0.6) is 0 Å². The van der Waals surface area contributed by atoms with Crippen molar-refractivity contribution in [2.75, 3.05) is 13.2 Å². The lowest BCUT2D eigenvalue weighted by atomic mass is 10.1. The minimum Gasteiger partial charge on any atom is -0.447 e. The van der Waals surface area contributed by atoms with E-state index >= 15 is 0 Å². The van der Waals surface area contributed by atoms with Gasteiger partial charge in [0.25, 0.3) is 0 Å². The molecule has 0 bridgehead atoms. The summed E-state index contributed by atoms with van der Waals surface area (Å²) in [4.78, 5) is 11.0. The smallest absolute Gasteiger partial charge is 0.407 e. The van der Waals surface area contributed by atoms with Crippen LogP contribution in [0.25, 0.3) is 0 Å². The summed E-state index contributed by atoms with van der Waals surface area (Å²) >= 11 is 0. The molecule has 0 aliphatic heterocycles. The quantitative estimate of drug-likeness (QED) is 0.580. The lowest BCUT2D eigenvalue weighted by molar-refractivity contribution is 0.0304. The molecule has 0 heterocycles. The Hall–Kier alpha value is -0.810. The Bertz CT molecular complexity index is 164. The Morgan fingerprint density at radius 3 is 2.46 bits per heavy atom. The Balaban J connectivity index is 3.64. The van der Waals surface area contributed by atoms with Crippen LogP contribution in [-0.4, -0.2) is 41.2 Å². The summed E-state index contributed by atoms with van der Waals surface area (Å²) in [6, 6.07) is 0. The first kappa shape index (κ1) is 12.2. The Morgan fingerprint density at radius 1 is 1.54 bits per heavy atom. The van der Waals surface area contributed by atoms with E-state index in [9.17, 15) is 4.79 Å². The molecular weight excluding hydrogens is 174 g/mol. The monoisotopic (exact) mass is 191 g/mol. The van der Waals surface area contributed by atoms with Crippen LogP contribution in [0, 0.1) is 0 Å². The summed E-state index contributed by atoms with van der Waals surface area (Å²) in [6.07, 6.45) is -1.61. The number of hydrogen-bond acceptors (Lipinski definition) is 4.